The standard InChI is InChI=1S/C11H7BrClFN2/c12-7-1-4-11(15-6-7)16-10-3-2-8(13)5-9(10)14/h1-6H,(H,15,16). The van der Waals surface area contributed by atoms with Crippen LogP contribution < -0.4 is 5.32 Å². The van der Waals surface area contributed by atoms with Gasteiger partial charge in [-0.2, -0.15) is 0 Å². The Morgan fingerprint density at radius 1 is 1.25 bits per heavy atom. The van der Waals surface area contributed by atoms with Gasteiger partial charge in [0.05, 0.1) is 5.69 Å². The number of nitrogens with zero attached hydrogens (tertiary/aromatic N) is 1. The molecule has 2 nitrogen and oxygen atoms in total. The number of benzene rings is 1. The molecule has 0 amide bonds. The minimum Gasteiger partial charge on any atom is -0.338 e. The highest BCUT2D eigenvalue weighted by Crippen LogP contribution is 2.22. The fraction of sp³-hybridized carbons (Fsp3) is 0. The lowest BCUT2D eigenvalue weighted by atomic mass is 10.3. The molecule has 0 spiro atoms. The summed E-state index contributed by atoms with van der Waals surface area (Å²) in [6.45, 7) is 0. The Balaban J connectivity index is 2.23. The van der Waals surface area contributed by atoms with Crippen molar-refractivity contribution in [2.24, 2.45) is 0 Å². The van der Waals surface area contributed by atoms with E-state index in [9.17, 15) is 4.39 Å². The molecule has 2 rings (SSSR count). The van der Waals surface area contributed by atoms with E-state index in [1.165, 1.54) is 6.07 Å². The summed E-state index contributed by atoms with van der Waals surface area (Å²) in [5, 5.41) is 3.23. The van der Waals surface area contributed by atoms with E-state index in [4.69, 9.17) is 11.6 Å². The van der Waals surface area contributed by atoms with Crippen molar-refractivity contribution < 1.29 is 4.39 Å². The Bertz CT molecular complexity index is 502. The van der Waals surface area contributed by atoms with Gasteiger partial charge in [0.1, 0.15) is 11.6 Å². The molecular weight excluding hydrogens is 294 g/mol. The number of nitrogens with one attached hydrogen (secondary N) is 1. The number of aromatic nitrogens is 1. The van der Waals surface area contributed by atoms with Crippen molar-refractivity contribution in [2.45, 2.75) is 0 Å². The Kier molecular flexibility index (Phi) is 3.41. The molecule has 1 heterocycles. The van der Waals surface area contributed by atoms with Gasteiger partial charge in [-0.05, 0) is 46.3 Å². The highest BCUT2D eigenvalue weighted by atomic mass is 79.9. The number of anilines is 2. The van der Waals surface area contributed by atoms with E-state index in [1.54, 1.807) is 24.4 Å². The van der Waals surface area contributed by atoms with Crippen LogP contribution in [0.4, 0.5) is 15.9 Å². The first kappa shape index (κ1) is 11.4. The Morgan fingerprint density at radius 3 is 2.69 bits per heavy atom. The smallest absolute Gasteiger partial charge is 0.148 e. The van der Waals surface area contributed by atoms with Crippen LogP contribution in [0.5, 0.6) is 0 Å². The lowest BCUT2D eigenvalue weighted by molar-refractivity contribution is 0.632. The summed E-state index contributed by atoms with van der Waals surface area (Å²) >= 11 is 8.92. The largest absolute Gasteiger partial charge is 0.338 e. The van der Waals surface area contributed by atoms with Crippen LogP contribution in [-0.4, -0.2) is 4.98 Å². The molecule has 0 aliphatic rings. The summed E-state index contributed by atoms with van der Waals surface area (Å²) in [5.74, 6) is 0.168. The summed E-state index contributed by atoms with van der Waals surface area (Å²) in [7, 11) is 0. The molecule has 1 N–H and O–H groups in total. The van der Waals surface area contributed by atoms with Crippen molar-refractivity contribution in [1.82, 2.24) is 4.98 Å². The van der Waals surface area contributed by atoms with E-state index in [1.807, 2.05) is 6.07 Å². The summed E-state index contributed by atoms with van der Waals surface area (Å²) in [6.07, 6.45) is 1.64. The van der Waals surface area contributed by atoms with Crippen molar-refractivity contribution in [3.05, 3.63) is 51.8 Å². The Labute approximate surface area is 106 Å². The second-order valence-corrected chi connectivity index (χ2v) is 4.46. The van der Waals surface area contributed by atoms with E-state index >= 15 is 0 Å². The average molecular weight is 302 g/mol. The van der Waals surface area contributed by atoms with E-state index in [0.717, 1.165) is 4.47 Å². The van der Waals surface area contributed by atoms with Gasteiger partial charge in [0.2, 0.25) is 0 Å². The maximum absolute atomic E-state index is 13.4. The molecule has 0 aliphatic carbocycles. The van der Waals surface area contributed by atoms with Crippen LogP contribution >= 0.6 is 27.5 Å². The van der Waals surface area contributed by atoms with Crippen LogP contribution in [0, 0.1) is 5.82 Å². The van der Waals surface area contributed by atoms with Gasteiger partial charge in [-0.1, -0.05) is 11.6 Å². The molecule has 16 heavy (non-hydrogen) atoms. The third-order valence-electron chi connectivity index (χ3n) is 1.92. The molecule has 0 bridgehead atoms. The Hall–Kier alpha value is -1.13. The SMILES string of the molecule is Fc1cc(Cl)ccc1Nc1ccc(Br)cn1. The quantitative estimate of drug-likeness (QED) is 0.890. The first-order valence-electron chi connectivity index (χ1n) is 4.49. The van der Waals surface area contributed by atoms with Crippen molar-refractivity contribution in [1.29, 1.82) is 0 Å². The predicted octanol–water partition coefficient (Wildman–Crippen LogP) is 4.38. The molecule has 0 atom stereocenters. The van der Waals surface area contributed by atoms with Gasteiger partial charge in [0, 0.05) is 15.7 Å². The molecule has 0 saturated carbocycles. The van der Waals surface area contributed by atoms with Crippen LogP contribution in [0.25, 0.3) is 0 Å². The van der Waals surface area contributed by atoms with E-state index in [-0.39, 0.29) is 0 Å². The lowest BCUT2D eigenvalue weighted by Crippen LogP contribution is -1.95. The molecule has 1 aromatic carbocycles. The number of halogens is 3. The second kappa shape index (κ2) is 4.80. The maximum Gasteiger partial charge on any atom is 0.148 e. The first-order chi connectivity index (χ1) is 7.65. The van der Waals surface area contributed by atoms with Gasteiger partial charge in [0.25, 0.3) is 0 Å². The monoisotopic (exact) mass is 300 g/mol. The fourth-order valence-electron chi connectivity index (χ4n) is 1.18. The minimum absolute atomic E-state index is 0.347. The molecule has 0 radical (unpaired) electrons. The molecule has 82 valence electrons. The van der Waals surface area contributed by atoms with Crippen LogP contribution in [0.15, 0.2) is 41.0 Å². The van der Waals surface area contributed by atoms with Crippen molar-refractivity contribution in [2.75, 3.05) is 5.32 Å². The highest BCUT2D eigenvalue weighted by Gasteiger charge is 2.03. The van der Waals surface area contributed by atoms with E-state index < -0.39 is 5.82 Å². The predicted molar refractivity (Wildman–Crippen MR) is 66.6 cm³/mol. The van der Waals surface area contributed by atoms with Gasteiger partial charge in [-0.3, -0.25) is 0 Å². The zero-order valence-corrected chi connectivity index (χ0v) is 10.4. The van der Waals surface area contributed by atoms with Crippen LogP contribution in [0.1, 0.15) is 0 Å². The molecule has 5 heteroatoms. The normalized spacial score (nSPS) is 10.2. The summed E-state index contributed by atoms with van der Waals surface area (Å²) < 4.78 is 14.3. The number of rotatable bonds is 2. The van der Waals surface area contributed by atoms with Crippen LogP contribution in [0.3, 0.4) is 0 Å². The first-order valence-corrected chi connectivity index (χ1v) is 5.66. The van der Waals surface area contributed by atoms with Gasteiger partial charge in [0.15, 0.2) is 0 Å². The maximum atomic E-state index is 13.4. The second-order valence-electron chi connectivity index (χ2n) is 3.11. The molecule has 0 unspecified atom stereocenters. The summed E-state index contributed by atoms with van der Waals surface area (Å²) in [4.78, 5) is 4.08. The van der Waals surface area contributed by atoms with Gasteiger partial charge in [-0.25, -0.2) is 9.37 Å². The zero-order valence-electron chi connectivity index (χ0n) is 8.05. The fourth-order valence-corrected chi connectivity index (χ4v) is 1.57. The summed E-state index contributed by atoms with van der Waals surface area (Å²) in [6, 6.07) is 8.01. The molecule has 1 aromatic heterocycles. The summed E-state index contributed by atoms with van der Waals surface area (Å²) in [5.41, 5.74) is 0.347. The number of pyridine rings is 1. The van der Waals surface area contributed by atoms with Gasteiger partial charge >= 0.3 is 0 Å². The minimum atomic E-state index is -0.405. The zero-order chi connectivity index (χ0) is 11.5. The lowest BCUT2D eigenvalue weighted by Gasteiger charge is -2.06. The van der Waals surface area contributed by atoms with Gasteiger partial charge in [-0.15, -0.1) is 0 Å². The van der Waals surface area contributed by atoms with Crippen molar-refractivity contribution in [3.8, 4) is 0 Å². The van der Waals surface area contributed by atoms with Crippen molar-refractivity contribution in [3.63, 3.8) is 0 Å². The topological polar surface area (TPSA) is 24.9 Å². The third kappa shape index (κ3) is 2.71. The average Bonchev–Trinajstić information content (AvgIpc) is 2.25. The molecule has 0 saturated heterocycles. The highest BCUT2D eigenvalue weighted by molar-refractivity contribution is 9.10. The van der Waals surface area contributed by atoms with Crippen molar-refractivity contribution >= 4 is 39.0 Å². The van der Waals surface area contributed by atoms with Crippen LogP contribution in [-0.2, 0) is 0 Å². The van der Waals surface area contributed by atoms with Crippen LogP contribution in [0.2, 0.25) is 5.02 Å². The van der Waals surface area contributed by atoms with E-state index in [0.29, 0.717) is 16.5 Å². The molecule has 2 aromatic rings. The molecule has 0 fully saturated rings. The van der Waals surface area contributed by atoms with Gasteiger partial charge < -0.3 is 5.32 Å². The molecule has 0 aliphatic heterocycles. The molecular formula is C11H7BrClFN2. The van der Waals surface area contributed by atoms with E-state index in [2.05, 4.69) is 26.2 Å². The Morgan fingerprint density at radius 2 is 2.06 bits per heavy atom. The third-order valence-corrected chi connectivity index (χ3v) is 2.63. The number of hydrogen-bond donors (Lipinski definition) is 1. The number of hydrogen-bond acceptors (Lipinski definition) is 2.